The third-order valence-electron chi connectivity index (χ3n) is 4.06. The highest BCUT2D eigenvalue weighted by atomic mass is 16.4. The lowest BCUT2D eigenvalue weighted by molar-refractivity contribution is -0.141. The van der Waals surface area contributed by atoms with Gasteiger partial charge in [-0.05, 0) is 36.4 Å². The molecule has 2 N–H and O–H groups in total. The summed E-state index contributed by atoms with van der Waals surface area (Å²) in [6, 6.07) is 6.74. The van der Waals surface area contributed by atoms with Crippen molar-refractivity contribution in [1.82, 2.24) is 4.98 Å². The first kappa shape index (κ1) is 14.3. The van der Waals surface area contributed by atoms with E-state index in [0.717, 1.165) is 23.7 Å². The smallest absolute Gasteiger partial charge is 0.335 e. The molecule has 0 spiro atoms. The van der Waals surface area contributed by atoms with E-state index in [1.54, 1.807) is 24.4 Å². The van der Waals surface area contributed by atoms with Gasteiger partial charge in [-0.1, -0.05) is 6.07 Å². The Kier molecular flexibility index (Phi) is 3.66. The van der Waals surface area contributed by atoms with Crippen LogP contribution >= 0.6 is 0 Å². The topological polar surface area (TPSA) is 90.7 Å². The number of piperidine rings is 1. The SMILES string of the molecule is O=C(O)c1ccc2ccnc(N3CCCC(C(=O)O)C3)c2c1. The standard InChI is InChI=1S/C16H16N2O4/c19-15(20)11-4-3-10-5-6-17-14(13(10)8-11)18-7-1-2-12(9-18)16(21)22/h3-6,8,12H,1-2,7,9H2,(H,19,20)(H,21,22). The molecule has 0 radical (unpaired) electrons. The first-order valence-corrected chi connectivity index (χ1v) is 7.16. The molecule has 0 bridgehead atoms. The molecule has 6 nitrogen and oxygen atoms in total. The number of carbonyl (C=O) groups is 2. The molecule has 0 saturated carbocycles. The molecule has 1 aromatic heterocycles. The Bertz CT molecular complexity index is 744. The zero-order chi connectivity index (χ0) is 15.7. The number of aromatic nitrogens is 1. The predicted molar refractivity (Wildman–Crippen MR) is 81.3 cm³/mol. The molecule has 3 rings (SSSR count). The summed E-state index contributed by atoms with van der Waals surface area (Å²) in [6.07, 6.45) is 3.12. The molecule has 1 aliphatic rings. The number of hydrogen-bond donors (Lipinski definition) is 2. The fourth-order valence-corrected chi connectivity index (χ4v) is 2.91. The van der Waals surface area contributed by atoms with Gasteiger partial charge in [-0.15, -0.1) is 0 Å². The van der Waals surface area contributed by atoms with Gasteiger partial charge in [0.25, 0.3) is 0 Å². The average Bonchev–Trinajstić information content (AvgIpc) is 2.53. The van der Waals surface area contributed by atoms with Crippen LogP contribution in [0.2, 0.25) is 0 Å². The van der Waals surface area contributed by atoms with Crippen molar-refractivity contribution in [3.8, 4) is 0 Å². The van der Waals surface area contributed by atoms with Crippen LogP contribution in [0.3, 0.4) is 0 Å². The molecule has 2 heterocycles. The zero-order valence-electron chi connectivity index (χ0n) is 11.9. The molecule has 0 amide bonds. The van der Waals surface area contributed by atoms with Crippen molar-refractivity contribution in [2.75, 3.05) is 18.0 Å². The van der Waals surface area contributed by atoms with E-state index in [1.807, 2.05) is 11.0 Å². The highest BCUT2D eigenvalue weighted by Crippen LogP contribution is 2.29. The summed E-state index contributed by atoms with van der Waals surface area (Å²) in [5.41, 5.74) is 0.202. The molecule has 1 fully saturated rings. The van der Waals surface area contributed by atoms with Gasteiger partial charge in [0.1, 0.15) is 5.82 Å². The third-order valence-corrected chi connectivity index (χ3v) is 4.06. The number of nitrogens with zero attached hydrogens (tertiary/aromatic N) is 2. The van der Waals surface area contributed by atoms with Gasteiger partial charge in [0.2, 0.25) is 0 Å². The number of aliphatic carboxylic acids is 1. The number of carboxylic acid groups (broad SMARTS) is 2. The highest BCUT2D eigenvalue weighted by Gasteiger charge is 2.27. The Morgan fingerprint density at radius 3 is 2.77 bits per heavy atom. The van der Waals surface area contributed by atoms with E-state index < -0.39 is 17.9 Å². The molecular weight excluding hydrogens is 284 g/mol. The Balaban J connectivity index is 2.04. The fourth-order valence-electron chi connectivity index (χ4n) is 2.91. The summed E-state index contributed by atoms with van der Waals surface area (Å²) in [6.45, 7) is 1.13. The van der Waals surface area contributed by atoms with Gasteiger partial charge in [0.15, 0.2) is 0 Å². The van der Waals surface area contributed by atoms with Crippen molar-refractivity contribution in [1.29, 1.82) is 0 Å². The van der Waals surface area contributed by atoms with E-state index in [1.165, 1.54) is 0 Å². The molecule has 114 valence electrons. The molecule has 2 aromatic rings. The number of pyridine rings is 1. The van der Waals surface area contributed by atoms with Crippen molar-refractivity contribution < 1.29 is 19.8 Å². The lowest BCUT2D eigenvalue weighted by Gasteiger charge is -2.32. The van der Waals surface area contributed by atoms with Gasteiger partial charge >= 0.3 is 11.9 Å². The first-order valence-electron chi connectivity index (χ1n) is 7.16. The average molecular weight is 300 g/mol. The largest absolute Gasteiger partial charge is 0.481 e. The van der Waals surface area contributed by atoms with Gasteiger partial charge in [-0.25, -0.2) is 9.78 Å². The Labute approximate surface area is 127 Å². The molecule has 1 atom stereocenters. The van der Waals surface area contributed by atoms with E-state index in [9.17, 15) is 14.7 Å². The Morgan fingerprint density at radius 2 is 2.05 bits per heavy atom. The van der Waals surface area contributed by atoms with Crippen LogP contribution in [0.4, 0.5) is 5.82 Å². The van der Waals surface area contributed by atoms with E-state index in [4.69, 9.17) is 5.11 Å². The second-order valence-corrected chi connectivity index (χ2v) is 5.50. The van der Waals surface area contributed by atoms with Gasteiger partial charge in [-0.3, -0.25) is 4.79 Å². The number of hydrogen-bond acceptors (Lipinski definition) is 4. The molecule has 1 aromatic carbocycles. The molecule has 1 saturated heterocycles. The maximum absolute atomic E-state index is 11.2. The third kappa shape index (κ3) is 2.59. The maximum atomic E-state index is 11.2. The maximum Gasteiger partial charge on any atom is 0.335 e. The van der Waals surface area contributed by atoms with Crippen molar-refractivity contribution in [3.63, 3.8) is 0 Å². The Morgan fingerprint density at radius 1 is 1.23 bits per heavy atom. The minimum absolute atomic E-state index is 0.202. The van der Waals surface area contributed by atoms with Crippen molar-refractivity contribution in [3.05, 3.63) is 36.0 Å². The number of fused-ring (bicyclic) bond motifs is 1. The highest BCUT2D eigenvalue weighted by molar-refractivity contribution is 5.98. The van der Waals surface area contributed by atoms with Crippen LogP contribution < -0.4 is 4.90 Å². The fraction of sp³-hybridized carbons (Fsp3) is 0.312. The van der Waals surface area contributed by atoms with Crippen LogP contribution in [0.1, 0.15) is 23.2 Å². The van der Waals surface area contributed by atoms with Crippen LogP contribution in [0, 0.1) is 5.92 Å². The van der Waals surface area contributed by atoms with Crippen molar-refractivity contribution >= 4 is 28.5 Å². The molecule has 0 aliphatic carbocycles. The summed E-state index contributed by atoms with van der Waals surface area (Å²) in [5.74, 6) is -1.53. The van der Waals surface area contributed by atoms with E-state index in [2.05, 4.69) is 4.98 Å². The number of rotatable bonds is 3. The summed E-state index contributed by atoms with van der Waals surface area (Å²) >= 11 is 0. The van der Waals surface area contributed by atoms with Crippen LogP contribution in [0.15, 0.2) is 30.5 Å². The number of anilines is 1. The van der Waals surface area contributed by atoms with Crippen LogP contribution in [0.25, 0.3) is 10.8 Å². The molecular formula is C16H16N2O4. The summed E-state index contributed by atoms with van der Waals surface area (Å²) < 4.78 is 0. The van der Waals surface area contributed by atoms with Crippen molar-refractivity contribution in [2.45, 2.75) is 12.8 Å². The minimum atomic E-state index is -0.987. The van der Waals surface area contributed by atoms with Gasteiger partial charge < -0.3 is 15.1 Å². The predicted octanol–water partition coefficient (Wildman–Crippen LogP) is 2.23. The van der Waals surface area contributed by atoms with Gasteiger partial charge in [0.05, 0.1) is 11.5 Å². The minimum Gasteiger partial charge on any atom is -0.481 e. The summed E-state index contributed by atoms with van der Waals surface area (Å²) in [5, 5.41) is 20.0. The number of aromatic carboxylic acids is 1. The normalized spacial score (nSPS) is 18.4. The zero-order valence-corrected chi connectivity index (χ0v) is 11.9. The number of carboxylic acids is 2. The van der Waals surface area contributed by atoms with E-state index in [-0.39, 0.29) is 5.56 Å². The summed E-state index contributed by atoms with van der Waals surface area (Å²) in [4.78, 5) is 28.7. The number of benzene rings is 1. The molecule has 1 aliphatic heterocycles. The lowest BCUT2D eigenvalue weighted by atomic mass is 9.97. The molecule has 22 heavy (non-hydrogen) atoms. The Hall–Kier alpha value is -2.63. The van der Waals surface area contributed by atoms with Crippen LogP contribution in [-0.2, 0) is 4.79 Å². The second-order valence-electron chi connectivity index (χ2n) is 5.50. The van der Waals surface area contributed by atoms with E-state index in [0.29, 0.717) is 18.8 Å². The second kappa shape index (κ2) is 5.63. The molecule has 1 unspecified atom stereocenters. The van der Waals surface area contributed by atoms with Crippen molar-refractivity contribution in [2.24, 2.45) is 5.92 Å². The van der Waals surface area contributed by atoms with Crippen LogP contribution in [0.5, 0.6) is 0 Å². The lowest BCUT2D eigenvalue weighted by Crippen LogP contribution is -2.39. The van der Waals surface area contributed by atoms with Crippen LogP contribution in [-0.4, -0.2) is 40.2 Å². The van der Waals surface area contributed by atoms with Gasteiger partial charge in [0, 0.05) is 24.7 Å². The monoisotopic (exact) mass is 300 g/mol. The first-order chi connectivity index (χ1) is 10.6. The van der Waals surface area contributed by atoms with Gasteiger partial charge in [-0.2, -0.15) is 0 Å². The van der Waals surface area contributed by atoms with E-state index >= 15 is 0 Å². The quantitative estimate of drug-likeness (QED) is 0.903. The molecule has 6 heteroatoms. The summed E-state index contributed by atoms with van der Waals surface area (Å²) in [7, 11) is 0.